The number of esters is 1. The molecule has 0 aromatic heterocycles. The van der Waals surface area contributed by atoms with Crippen LogP contribution in [0, 0.1) is 0 Å². The van der Waals surface area contributed by atoms with Gasteiger partial charge in [-0.3, -0.25) is 4.79 Å². The average Bonchev–Trinajstić information content (AvgIpc) is 2.88. The van der Waals surface area contributed by atoms with Crippen molar-refractivity contribution in [1.82, 2.24) is 4.90 Å². The first kappa shape index (κ1) is 15.0. The van der Waals surface area contributed by atoms with Crippen molar-refractivity contribution in [3.63, 3.8) is 0 Å². The Balaban J connectivity index is 1.50. The Kier molecular flexibility index (Phi) is 4.43. The minimum absolute atomic E-state index is 0.0573. The molecule has 1 amide bonds. The maximum Gasteiger partial charge on any atom is 0.328 e. The van der Waals surface area contributed by atoms with Crippen LogP contribution in [-0.2, 0) is 25.7 Å². The molecule has 2 aliphatic rings. The summed E-state index contributed by atoms with van der Waals surface area (Å²) in [6, 6.07) is 9.74. The fraction of sp³-hybridized carbons (Fsp3) is 0.529. The third-order valence-corrected chi connectivity index (χ3v) is 4.52. The summed E-state index contributed by atoms with van der Waals surface area (Å²) in [5.41, 5.74) is 1.15. The topological polar surface area (TPSA) is 55.8 Å². The van der Waals surface area contributed by atoms with Crippen LogP contribution in [-0.4, -0.2) is 42.1 Å². The SMILES string of the molecule is COC(=O)C1CCC(=O)N1C1CC(OCc2ccccc2)C1. The highest BCUT2D eigenvalue weighted by molar-refractivity contribution is 5.88. The van der Waals surface area contributed by atoms with Gasteiger partial charge in [-0.05, 0) is 24.8 Å². The first-order valence-electron chi connectivity index (χ1n) is 7.73. The predicted octanol–water partition coefficient (Wildman–Crippen LogP) is 1.90. The van der Waals surface area contributed by atoms with Gasteiger partial charge in [0.15, 0.2) is 0 Å². The van der Waals surface area contributed by atoms with E-state index in [1.54, 1.807) is 4.90 Å². The number of nitrogens with zero attached hydrogens (tertiary/aromatic N) is 1. The van der Waals surface area contributed by atoms with Crippen LogP contribution in [0.3, 0.4) is 0 Å². The van der Waals surface area contributed by atoms with E-state index in [-0.39, 0.29) is 24.0 Å². The Hall–Kier alpha value is -1.88. The van der Waals surface area contributed by atoms with Crippen LogP contribution in [0.1, 0.15) is 31.2 Å². The van der Waals surface area contributed by atoms with E-state index in [2.05, 4.69) is 0 Å². The van der Waals surface area contributed by atoms with Crippen molar-refractivity contribution in [3.8, 4) is 0 Å². The van der Waals surface area contributed by atoms with Crippen LogP contribution >= 0.6 is 0 Å². The van der Waals surface area contributed by atoms with Crippen molar-refractivity contribution in [1.29, 1.82) is 0 Å². The quantitative estimate of drug-likeness (QED) is 0.780. The highest BCUT2D eigenvalue weighted by Crippen LogP contribution is 2.34. The summed E-state index contributed by atoms with van der Waals surface area (Å²) in [6.07, 6.45) is 2.76. The van der Waals surface area contributed by atoms with E-state index in [4.69, 9.17) is 9.47 Å². The molecule has 1 saturated heterocycles. The molecule has 1 unspecified atom stereocenters. The smallest absolute Gasteiger partial charge is 0.328 e. The van der Waals surface area contributed by atoms with Crippen LogP contribution in [0.15, 0.2) is 30.3 Å². The van der Waals surface area contributed by atoms with Gasteiger partial charge >= 0.3 is 5.97 Å². The molecule has 1 aromatic carbocycles. The number of likely N-dealkylation sites (tertiary alicyclic amines) is 1. The number of ether oxygens (including phenoxy) is 2. The fourth-order valence-electron chi connectivity index (χ4n) is 3.22. The minimum atomic E-state index is -0.405. The standard InChI is InChI=1S/C17H21NO4/c1-21-17(20)15-7-8-16(19)18(15)13-9-14(10-13)22-11-12-5-3-2-4-6-12/h2-6,13-15H,7-11H2,1H3. The number of hydrogen-bond donors (Lipinski definition) is 0. The van der Waals surface area contributed by atoms with Crippen molar-refractivity contribution < 1.29 is 19.1 Å². The number of carbonyl (C=O) groups excluding carboxylic acids is 2. The van der Waals surface area contributed by atoms with Gasteiger partial charge in [0.2, 0.25) is 5.91 Å². The van der Waals surface area contributed by atoms with Crippen LogP contribution < -0.4 is 0 Å². The highest BCUT2D eigenvalue weighted by atomic mass is 16.5. The summed E-state index contributed by atoms with van der Waals surface area (Å²) in [6.45, 7) is 0.590. The van der Waals surface area contributed by atoms with E-state index in [0.717, 1.165) is 18.4 Å². The minimum Gasteiger partial charge on any atom is -0.467 e. The molecular formula is C17H21NO4. The summed E-state index contributed by atoms with van der Waals surface area (Å²) in [4.78, 5) is 25.5. The summed E-state index contributed by atoms with van der Waals surface area (Å²) < 4.78 is 10.7. The highest BCUT2D eigenvalue weighted by Gasteiger charge is 2.45. The second-order valence-electron chi connectivity index (χ2n) is 5.92. The molecule has 0 radical (unpaired) electrons. The van der Waals surface area contributed by atoms with Gasteiger partial charge < -0.3 is 14.4 Å². The Morgan fingerprint density at radius 1 is 1.27 bits per heavy atom. The van der Waals surface area contributed by atoms with E-state index in [1.807, 2.05) is 30.3 Å². The lowest BCUT2D eigenvalue weighted by atomic mass is 9.87. The molecule has 5 nitrogen and oxygen atoms in total. The van der Waals surface area contributed by atoms with Gasteiger partial charge in [-0.1, -0.05) is 30.3 Å². The Morgan fingerprint density at radius 2 is 2.00 bits per heavy atom. The third-order valence-electron chi connectivity index (χ3n) is 4.52. The molecule has 22 heavy (non-hydrogen) atoms. The third kappa shape index (κ3) is 2.99. The first-order chi connectivity index (χ1) is 10.7. The molecule has 1 heterocycles. The largest absolute Gasteiger partial charge is 0.467 e. The van der Waals surface area contributed by atoms with Crippen molar-refractivity contribution in [2.45, 2.75) is 50.5 Å². The maximum atomic E-state index is 12.0. The van der Waals surface area contributed by atoms with E-state index in [0.29, 0.717) is 19.4 Å². The lowest BCUT2D eigenvalue weighted by Crippen LogP contribution is -2.53. The van der Waals surface area contributed by atoms with Gasteiger partial charge in [0.1, 0.15) is 6.04 Å². The number of amides is 1. The number of carbonyl (C=O) groups is 2. The zero-order valence-corrected chi connectivity index (χ0v) is 12.7. The molecule has 0 bridgehead atoms. The number of methoxy groups -OCH3 is 1. The molecule has 1 aliphatic heterocycles. The molecule has 2 fully saturated rings. The lowest BCUT2D eigenvalue weighted by Gasteiger charge is -2.42. The van der Waals surface area contributed by atoms with Gasteiger partial charge in [0, 0.05) is 12.5 Å². The van der Waals surface area contributed by atoms with Gasteiger partial charge in [0.05, 0.1) is 19.8 Å². The van der Waals surface area contributed by atoms with Crippen LogP contribution in [0.5, 0.6) is 0 Å². The summed E-state index contributed by atoms with van der Waals surface area (Å²) in [5.74, 6) is -0.249. The van der Waals surface area contributed by atoms with Gasteiger partial charge in [-0.25, -0.2) is 4.79 Å². The van der Waals surface area contributed by atoms with Gasteiger partial charge in [0.25, 0.3) is 0 Å². The predicted molar refractivity (Wildman–Crippen MR) is 79.9 cm³/mol. The molecule has 3 rings (SSSR count). The molecular weight excluding hydrogens is 282 g/mol. The molecule has 1 aromatic rings. The Bertz CT molecular complexity index is 539. The van der Waals surface area contributed by atoms with Crippen molar-refractivity contribution in [2.75, 3.05) is 7.11 Å². The fourth-order valence-corrected chi connectivity index (χ4v) is 3.22. The Morgan fingerprint density at radius 3 is 2.68 bits per heavy atom. The molecule has 1 aliphatic carbocycles. The van der Waals surface area contributed by atoms with E-state index in [1.165, 1.54) is 7.11 Å². The second kappa shape index (κ2) is 6.48. The average molecular weight is 303 g/mol. The summed E-state index contributed by atoms with van der Waals surface area (Å²) >= 11 is 0. The second-order valence-corrected chi connectivity index (χ2v) is 5.92. The zero-order chi connectivity index (χ0) is 15.5. The van der Waals surface area contributed by atoms with Crippen LogP contribution in [0.25, 0.3) is 0 Å². The number of benzene rings is 1. The van der Waals surface area contributed by atoms with Crippen molar-refractivity contribution in [3.05, 3.63) is 35.9 Å². The number of hydrogen-bond acceptors (Lipinski definition) is 4. The maximum absolute atomic E-state index is 12.0. The Labute approximate surface area is 130 Å². The molecule has 1 atom stereocenters. The molecule has 118 valence electrons. The van der Waals surface area contributed by atoms with Crippen LogP contribution in [0.4, 0.5) is 0 Å². The van der Waals surface area contributed by atoms with Gasteiger partial charge in [-0.2, -0.15) is 0 Å². The molecule has 5 heteroatoms. The van der Waals surface area contributed by atoms with Gasteiger partial charge in [-0.15, -0.1) is 0 Å². The summed E-state index contributed by atoms with van der Waals surface area (Å²) in [7, 11) is 1.37. The van der Waals surface area contributed by atoms with E-state index >= 15 is 0 Å². The van der Waals surface area contributed by atoms with Crippen LogP contribution in [0.2, 0.25) is 0 Å². The van der Waals surface area contributed by atoms with Crippen molar-refractivity contribution >= 4 is 11.9 Å². The van der Waals surface area contributed by atoms with E-state index in [9.17, 15) is 9.59 Å². The summed E-state index contributed by atoms with van der Waals surface area (Å²) in [5, 5.41) is 0. The van der Waals surface area contributed by atoms with E-state index < -0.39 is 6.04 Å². The zero-order valence-electron chi connectivity index (χ0n) is 12.7. The van der Waals surface area contributed by atoms with Crippen molar-refractivity contribution in [2.24, 2.45) is 0 Å². The normalized spacial score (nSPS) is 27.6. The first-order valence-corrected chi connectivity index (χ1v) is 7.73. The monoisotopic (exact) mass is 303 g/mol. The molecule has 0 N–H and O–H groups in total. The number of rotatable bonds is 5. The molecule has 1 saturated carbocycles. The molecule has 0 spiro atoms. The lowest BCUT2D eigenvalue weighted by molar-refractivity contribution is -0.155.